The fourth-order valence-corrected chi connectivity index (χ4v) is 2.25. The van der Waals surface area contributed by atoms with Gasteiger partial charge in [0, 0.05) is 6.92 Å². The van der Waals surface area contributed by atoms with Crippen molar-refractivity contribution in [1.29, 1.82) is 0 Å². The van der Waals surface area contributed by atoms with Gasteiger partial charge in [-0.15, -0.1) is 0 Å². The number of esters is 1. The summed E-state index contributed by atoms with van der Waals surface area (Å²) < 4.78 is 18.6. The first-order valence-electron chi connectivity index (χ1n) is 7.44. The Morgan fingerprint density at radius 1 is 1.08 bits per heavy atom. The standard InChI is InChI=1S/C18H17FN2O4/c1-12(22)21(16-10-6-4-8-14(16)19)11-17(23)20-15-9-5-3-7-13(15)18(24)25-2/h3-10H,11H2,1-2H3,(H,20,23). The van der Waals surface area contributed by atoms with E-state index in [1.54, 1.807) is 18.2 Å². The Morgan fingerprint density at radius 3 is 2.36 bits per heavy atom. The maximum Gasteiger partial charge on any atom is 0.339 e. The molecular formula is C18H17FN2O4. The Balaban J connectivity index is 2.20. The summed E-state index contributed by atoms with van der Waals surface area (Å²) in [6, 6.07) is 12.0. The van der Waals surface area contributed by atoms with Crippen molar-refractivity contribution in [1.82, 2.24) is 0 Å². The van der Waals surface area contributed by atoms with Gasteiger partial charge in [-0.3, -0.25) is 9.59 Å². The van der Waals surface area contributed by atoms with Gasteiger partial charge < -0.3 is 15.0 Å². The van der Waals surface area contributed by atoms with Crippen molar-refractivity contribution < 1.29 is 23.5 Å². The summed E-state index contributed by atoms with van der Waals surface area (Å²) in [7, 11) is 1.23. The smallest absolute Gasteiger partial charge is 0.339 e. The topological polar surface area (TPSA) is 75.7 Å². The number of nitrogens with one attached hydrogen (secondary N) is 1. The highest BCUT2D eigenvalue weighted by atomic mass is 19.1. The second-order valence-electron chi connectivity index (χ2n) is 5.14. The van der Waals surface area contributed by atoms with E-state index >= 15 is 0 Å². The quantitative estimate of drug-likeness (QED) is 0.846. The average molecular weight is 344 g/mol. The lowest BCUT2D eigenvalue weighted by Gasteiger charge is -2.21. The number of para-hydroxylation sites is 2. The highest BCUT2D eigenvalue weighted by molar-refractivity contribution is 6.05. The predicted molar refractivity (Wildman–Crippen MR) is 90.8 cm³/mol. The van der Waals surface area contributed by atoms with E-state index in [0.717, 1.165) is 4.90 Å². The van der Waals surface area contributed by atoms with Crippen LogP contribution in [0, 0.1) is 5.82 Å². The van der Waals surface area contributed by atoms with Crippen LogP contribution in [0.15, 0.2) is 48.5 Å². The molecule has 0 aliphatic heterocycles. The fourth-order valence-electron chi connectivity index (χ4n) is 2.25. The number of methoxy groups -OCH3 is 1. The molecule has 7 heteroatoms. The van der Waals surface area contributed by atoms with Gasteiger partial charge >= 0.3 is 5.97 Å². The first kappa shape index (κ1) is 18.1. The minimum Gasteiger partial charge on any atom is -0.465 e. The van der Waals surface area contributed by atoms with Crippen LogP contribution >= 0.6 is 0 Å². The molecule has 2 aromatic rings. The molecule has 0 unspecified atom stereocenters. The summed E-state index contributed by atoms with van der Waals surface area (Å²) in [6.07, 6.45) is 0. The van der Waals surface area contributed by atoms with Crippen molar-refractivity contribution in [3.05, 3.63) is 59.9 Å². The second kappa shape index (κ2) is 8.05. The normalized spacial score (nSPS) is 10.0. The van der Waals surface area contributed by atoms with Gasteiger partial charge in [0.2, 0.25) is 11.8 Å². The number of halogens is 1. The lowest BCUT2D eigenvalue weighted by atomic mass is 10.2. The monoisotopic (exact) mass is 344 g/mol. The molecule has 0 aliphatic carbocycles. The molecule has 0 saturated carbocycles. The van der Waals surface area contributed by atoms with Crippen molar-refractivity contribution in [2.24, 2.45) is 0 Å². The van der Waals surface area contributed by atoms with Gasteiger partial charge in [-0.25, -0.2) is 9.18 Å². The number of amides is 2. The van der Waals surface area contributed by atoms with Crippen LogP contribution in [0.2, 0.25) is 0 Å². The Kier molecular flexibility index (Phi) is 5.84. The molecule has 0 spiro atoms. The number of carbonyl (C=O) groups is 3. The molecule has 2 rings (SSSR count). The van der Waals surface area contributed by atoms with E-state index in [4.69, 9.17) is 0 Å². The number of anilines is 2. The van der Waals surface area contributed by atoms with Crippen molar-refractivity contribution in [3.63, 3.8) is 0 Å². The molecule has 0 saturated heterocycles. The zero-order chi connectivity index (χ0) is 18.4. The van der Waals surface area contributed by atoms with Crippen molar-refractivity contribution in [3.8, 4) is 0 Å². The maximum atomic E-state index is 13.9. The van der Waals surface area contributed by atoms with Crippen LogP contribution in [0.1, 0.15) is 17.3 Å². The lowest BCUT2D eigenvalue weighted by Crippen LogP contribution is -2.37. The Morgan fingerprint density at radius 2 is 1.72 bits per heavy atom. The number of ether oxygens (including phenoxy) is 1. The van der Waals surface area contributed by atoms with Gasteiger partial charge in [-0.2, -0.15) is 0 Å². The molecule has 0 heterocycles. The van der Waals surface area contributed by atoms with Crippen LogP contribution in [0.4, 0.5) is 15.8 Å². The van der Waals surface area contributed by atoms with Crippen LogP contribution in [-0.4, -0.2) is 31.4 Å². The van der Waals surface area contributed by atoms with Crippen LogP contribution in [-0.2, 0) is 14.3 Å². The molecule has 25 heavy (non-hydrogen) atoms. The number of hydrogen-bond donors (Lipinski definition) is 1. The molecule has 0 bridgehead atoms. The van der Waals surface area contributed by atoms with E-state index in [2.05, 4.69) is 10.1 Å². The summed E-state index contributed by atoms with van der Waals surface area (Å²) in [4.78, 5) is 36.9. The van der Waals surface area contributed by atoms with Gasteiger partial charge in [-0.1, -0.05) is 24.3 Å². The van der Waals surface area contributed by atoms with Gasteiger partial charge in [0.25, 0.3) is 0 Å². The third-order valence-corrected chi connectivity index (χ3v) is 3.43. The largest absolute Gasteiger partial charge is 0.465 e. The van der Waals surface area contributed by atoms with Gasteiger partial charge in [0.05, 0.1) is 24.0 Å². The molecule has 130 valence electrons. The summed E-state index contributed by atoms with van der Waals surface area (Å²) >= 11 is 0. The minimum atomic E-state index is -0.611. The zero-order valence-corrected chi connectivity index (χ0v) is 13.8. The fraction of sp³-hybridized carbons (Fsp3) is 0.167. The first-order chi connectivity index (χ1) is 11.9. The van der Waals surface area contributed by atoms with Gasteiger partial charge in [0.15, 0.2) is 0 Å². The molecule has 0 aliphatic rings. The minimum absolute atomic E-state index is 0.00593. The summed E-state index contributed by atoms with van der Waals surface area (Å²) in [5, 5.41) is 2.54. The summed E-state index contributed by atoms with van der Waals surface area (Å²) in [5.41, 5.74) is 0.432. The molecule has 1 N–H and O–H groups in total. The zero-order valence-electron chi connectivity index (χ0n) is 13.8. The maximum absolute atomic E-state index is 13.9. The number of nitrogens with zero attached hydrogens (tertiary/aromatic N) is 1. The van der Waals surface area contributed by atoms with Crippen molar-refractivity contribution in [2.75, 3.05) is 23.9 Å². The van der Waals surface area contributed by atoms with E-state index in [1.165, 1.54) is 44.4 Å². The third kappa shape index (κ3) is 4.41. The Hall–Kier alpha value is -3.22. The first-order valence-corrected chi connectivity index (χ1v) is 7.44. The lowest BCUT2D eigenvalue weighted by molar-refractivity contribution is -0.120. The Labute approximate surface area is 144 Å². The Bertz CT molecular complexity index is 807. The third-order valence-electron chi connectivity index (χ3n) is 3.43. The molecule has 0 atom stereocenters. The average Bonchev–Trinajstić information content (AvgIpc) is 2.60. The van der Waals surface area contributed by atoms with Crippen LogP contribution in [0.5, 0.6) is 0 Å². The molecule has 2 aromatic carbocycles. The van der Waals surface area contributed by atoms with E-state index in [1.807, 2.05) is 0 Å². The predicted octanol–water partition coefficient (Wildman–Crippen LogP) is 2.60. The molecular weight excluding hydrogens is 327 g/mol. The summed E-state index contributed by atoms with van der Waals surface area (Å²) in [6.45, 7) is 0.841. The van der Waals surface area contributed by atoms with Crippen LogP contribution in [0.3, 0.4) is 0 Å². The second-order valence-corrected chi connectivity index (χ2v) is 5.14. The summed E-state index contributed by atoms with van der Waals surface area (Å²) in [5.74, 6) is -2.27. The van der Waals surface area contributed by atoms with Crippen molar-refractivity contribution in [2.45, 2.75) is 6.92 Å². The SMILES string of the molecule is COC(=O)c1ccccc1NC(=O)CN(C(C)=O)c1ccccc1F. The number of carbonyl (C=O) groups excluding carboxylic acids is 3. The highest BCUT2D eigenvalue weighted by Gasteiger charge is 2.20. The van der Waals surface area contributed by atoms with Gasteiger partial charge in [0.1, 0.15) is 12.4 Å². The van der Waals surface area contributed by atoms with Gasteiger partial charge in [-0.05, 0) is 24.3 Å². The molecule has 0 aromatic heterocycles. The number of hydrogen-bond acceptors (Lipinski definition) is 4. The van der Waals surface area contributed by atoms with E-state index in [-0.39, 0.29) is 16.9 Å². The number of rotatable bonds is 5. The molecule has 0 fully saturated rings. The van der Waals surface area contributed by atoms with Crippen molar-refractivity contribution >= 4 is 29.2 Å². The van der Waals surface area contributed by atoms with E-state index in [9.17, 15) is 18.8 Å². The molecule has 0 radical (unpaired) electrons. The van der Waals surface area contributed by atoms with E-state index in [0.29, 0.717) is 0 Å². The number of benzene rings is 2. The van der Waals surface area contributed by atoms with Crippen LogP contribution < -0.4 is 10.2 Å². The van der Waals surface area contributed by atoms with Crippen LogP contribution in [0.25, 0.3) is 0 Å². The highest BCUT2D eigenvalue weighted by Crippen LogP contribution is 2.20. The van der Waals surface area contributed by atoms with E-state index < -0.39 is 30.1 Å². The molecule has 2 amide bonds. The molecule has 6 nitrogen and oxygen atoms in total.